The Labute approximate surface area is 160 Å². The monoisotopic (exact) mass is 444 g/mol. The van der Waals surface area contributed by atoms with E-state index in [0.717, 1.165) is 12.2 Å². The van der Waals surface area contributed by atoms with E-state index in [1.54, 1.807) is 6.08 Å². The molecular formula is C21H30FIO. The van der Waals surface area contributed by atoms with E-state index in [-0.39, 0.29) is 4.11 Å². The quantitative estimate of drug-likeness (QED) is 0.132. The molecule has 3 heteroatoms. The third-order valence-corrected chi connectivity index (χ3v) is 4.59. The highest BCUT2D eigenvalue weighted by Gasteiger charge is 2.02. The Kier molecular flexibility index (Phi) is 11.9. The lowest BCUT2D eigenvalue weighted by molar-refractivity contribution is 0.346. The molecular weight excluding hydrogens is 414 g/mol. The molecule has 0 saturated heterocycles. The lowest BCUT2D eigenvalue weighted by Gasteiger charge is -2.10. The van der Waals surface area contributed by atoms with Gasteiger partial charge in [-0.05, 0) is 65.3 Å². The van der Waals surface area contributed by atoms with E-state index in [4.69, 9.17) is 4.74 Å². The third kappa shape index (κ3) is 10.8. The van der Waals surface area contributed by atoms with Crippen molar-refractivity contribution in [2.24, 2.45) is 0 Å². The van der Waals surface area contributed by atoms with Gasteiger partial charge < -0.3 is 4.74 Å². The Morgan fingerprint density at radius 2 is 1.67 bits per heavy atom. The van der Waals surface area contributed by atoms with Crippen LogP contribution in [0.5, 0.6) is 5.75 Å². The summed E-state index contributed by atoms with van der Waals surface area (Å²) in [5, 5.41) is 0. The average molecular weight is 444 g/mol. The fraction of sp³-hybridized carbons (Fsp3) is 0.524. The molecule has 0 aliphatic carbocycles. The highest BCUT2D eigenvalue weighted by atomic mass is 127. The standard InChI is InChI=1S/C21H30FIO/c1-3-4-5-6-7-8-9-10-11-19-13-15-20(16-14-19)24-21(23)17-12-18(2)22/h12-17,21H,2-11H2,1H3/b17-12-/t21-/m0/s1. The van der Waals surface area contributed by atoms with Crippen molar-refractivity contribution in [2.75, 3.05) is 0 Å². The van der Waals surface area contributed by atoms with Crippen LogP contribution in [0, 0.1) is 0 Å². The molecule has 0 aromatic heterocycles. The van der Waals surface area contributed by atoms with Crippen LogP contribution in [0.25, 0.3) is 0 Å². The van der Waals surface area contributed by atoms with Crippen LogP contribution in [-0.2, 0) is 6.42 Å². The summed E-state index contributed by atoms with van der Waals surface area (Å²) in [6.45, 7) is 5.45. The Bertz CT molecular complexity index is 481. The Balaban J connectivity index is 2.19. The first kappa shape index (κ1) is 21.2. The van der Waals surface area contributed by atoms with Crippen LogP contribution in [0.2, 0.25) is 0 Å². The minimum Gasteiger partial charge on any atom is -0.476 e. The van der Waals surface area contributed by atoms with Crippen molar-refractivity contribution in [3.05, 3.63) is 54.4 Å². The molecule has 1 rings (SSSR count). The molecule has 0 amide bonds. The van der Waals surface area contributed by atoms with Gasteiger partial charge in [0.05, 0.1) is 0 Å². The van der Waals surface area contributed by atoms with E-state index in [0.29, 0.717) is 0 Å². The van der Waals surface area contributed by atoms with Gasteiger partial charge in [0.25, 0.3) is 0 Å². The van der Waals surface area contributed by atoms with Gasteiger partial charge in [-0.3, -0.25) is 0 Å². The normalized spacial score (nSPS) is 12.5. The van der Waals surface area contributed by atoms with E-state index in [1.165, 1.54) is 63.0 Å². The smallest absolute Gasteiger partial charge is 0.167 e. The SMILES string of the molecule is C=C(F)/C=C\[C@@H](I)Oc1ccc(CCCCCCCCCC)cc1. The molecule has 0 heterocycles. The first-order valence-corrected chi connectivity index (χ1v) is 10.3. The lowest BCUT2D eigenvalue weighted by Crippen LogP contribution is -2.03. The molecule has 134 valence electrons. The number of hydrogen-bond donors (Lipinski definition) is 0. The Hall–Kier alpha value is -0.840. The number of rotatable bonds is 13. The summed E-state index contributed by atoms with van der Waals surface area (Å²) in [4.78, 5) is 0. The maximum Gasteiger partial charge on any atom is 0.167 e. The molecule has 0 aliphatic rings. The lowest BCUT2D eigenvalue weighted by atomic mass is 10.0. The van der Waals surface area contributed by atoms with E-state index in [9.17, 15) is 4.39 Å². The number of allylic oxidation sites excluding steroid dienone is 2. The number of halogens is 2. The van der Waals surface area contributed by atoms with Gasteiger partial charge in [-0.15, -0.1) is 0 Å². The van der Waals surface area contributed by atoms with E-state index >= 15 is 0 Å². The zero-order valence-corrected chi connectivity index (χ0v) is 16.9. The molecule has 1 aromatic carbocycles. The minimum atomic E-state index is -0.457. The number of hydrogen-bond acceptors (Lipinski definition) is 1. The minimum absolute atomic E-state index is 0.200. The number of alkyl halides is 1. The van der Waals surface area contributed by atoms with Crippen LogP contribution in [0.1, 0.15) is 63.9 Å². The van der Waals surface area contributed by atoms with Crippen molar-refractivity contribution in [1.29, 1.82) is 0 Å². The van der Waals surface area contributed by atoms with E-state index in [2.05, 4.69) is 48.2 Å². The van der Waals surface area contributed by atoms with Gasteiger partial charge in [-0.2, -0.15) is 0 Å². The molecule has 0 unspecified atom stereocenters. The molecule has 0 fully saturated rings. The highest BCUT2D eigenvalue weighted by molar-refractivity contribution is 14.1. The topological polar surface area (TPSA) is 9.23 Å². The predicted molar refractivity (Wildman–Crippen MR) is 111 cm³/mol. The van der Waals surface area contributed by atoms with Crippen molar-refractivity contribution in [3.63, 3.8) is 0 Å². The molecule has 24 heavy (non-hydrogen) atoms. The van der Waals surface area contributed by atoms with Gasteiger partial charge in [0.1, 0.15) is 11.6 Å². The fourth-order valence-electron chi connectivity index (χ4n) is 2.55. The maximum atomic E-state index is 12.6. The van der Waals surface area contributed by atoms with E-state index in [1.807, 2.05) is 12.1 Å². The van der Waals surface area contributed by atoms with Crippen molar-refractivity contribution >= 4 is 22.6 Å². The Morgan fingerprint density at radius 3 is 2.25 bits per heavy atom. The van der Waals surface area contributed by atoms with Gasteiger partial charge >= 0.3 is 0 Å². The van der Waals surface area contributed by atoms with Gasteiger partial charge in [-0.1, -0.05) is 70.6 Å². The van der Waals surface area contributed by atoms with Crippen LogP contribution >= 0.6 is 22.6 Å². The summed E-state index contributed by atoms with van der Waals surface area (Å²) in [6, 6.07) is 8.23. The highest BCUT2D eigenvalue weighted by Crippen LogP contribution is 2.19. The summed E-state index contributed by atoms with van der Waals surface area (Å²) < 4.78 is 18.1. The van der Waals surface area contributed by atoms with Crippen molar-refractivity contribution in [2.45, 2.75) is 68.8 Å². The second kappa shape index (κ2) is 13.5. The van der Waals surface area contributed by atoms with Crippen LogP contribution in [0.4, 0.5) is 4.39 Å². The summed E-state index contributed by atoms with van der Waals surface area (Å²) in [6.07, 6.45) is 14.9. The predicted octanol–water partition coefficient (Wildman–Crippen LogP) is 7.55. The molecule has 0 bridgehead atoms. The molecule has 0 saturated carbocycles. The molecule has 1 nitrogen and oxygen atoms in total. The van der Waals surface area contributed by atoms with Crippen molar-refractivity contribution < 1.29 is 9.13 Å². The van der Waals surface area contributed by atoms with E-state index < -0.39 is 5.83 Å². The summed E-state index contributed by atoms with van der Waals surface area (Å²) in [5.74, 6) is 0.351. The van der Waals surface area contributed by atoms with Crippen LogP contribution in [0.15, 0.2) is 48.8 Å². The molecule has 0 spiro atoms. The van der Waals surface area contributed by atoms with Gasteiger partial charge in [-0.25, -0.2) is 4.39 Å². The summed E-state index contributed by atoms with van der Waals surface area (Å²) in [7, 11) is 0. The largest absolute Gasteiger partial charge is 0.476 e. The summed E-state index contributed by atoms with van der Waals surface area (Å²) in [5.41, 5.74) is 1.35. The number of unbranched alkanes of at least 4 members (excludes halogenated alkanes) is 7. The van der Waals surface area contributed by atoms with Gasteiger partial charge in [0.2, 0.25) is 0 Å². The van der Waals surface area contributed by atoms with Crippen molar-refractivity contribution in [3.8, 4) is 5.75 Å². The maximum absolute atomic E-state index is 12.6. The average Bonchev–Trinajstić information content (AvgIpc) is 2.57. The molecule has 1 aromatic rings. The number of benzene rings is 1. The van der Waals surface area contributed by atoms with Gasteiger partial charge in [0.15, 0.2) is 4.11 Å². The van der Waals surface area contributed by atoms with Crippen LogP contribution in [0.3, 0.4) is 0 Å². The molecule has 0 radical (unpaired) electrons. The molecule has 0 aliphatic heterocycles. The molecule has 0 N–H and O–H groups in total. The van der Waals surface area contributed by atoms with Gasteiger partial charge in [0, 0.05) is 0 Å². The first-order valence-electron chi connectivity index (χ1n) is 9.04. The second-order valence-electron chi connectivity index (χ2n) is 6.14. The molecule has 1 atom stereocenters. The fourth-order valence-corrected chi connectivity index (χ4v) is 3.05. The second-order valence-corrected chi connectivity index (χ2v) is 7.37. The summed E-state index contributed by atoms with van der Waals surface area (Å²) >= 11 is 2.11. The third-order valence-electron chi connectivity index (χ3n) is 3.92. The zero-order chi connectivity index (χ0) is 17.6. The van der Waals surface area contributed by atoms with Crippen LogP contribution < -0.4 is 4.74 Å². The first-order chi connectivity index (χ1) is 11.6. The van der Waals surface area contributed by atoms with Crippen LogP contribution in [-0.4, -0.2) is 4.11 Å². The number of ether oxygens (including phenoxy) is 1. The van der Waals surface area contributed by atoms with Crippen molar-refractivity contribution in [1.82, 2.24) is 0 Å². The zero-order valence-electron chi connectivity index (χ0n) is 14.8. The number of aryl methyl sites for hydroxylation is 1. The Morgan fingerprint density at radius 1 is 1.08 bits per heavy atom.